The number of fused-ring (bicyclic) bond motifs is 1. The quantitative estimate of drug-likeness (QED) is 0.0609. The highest BCUT2D eigenvalue weighted by Crippen LogP contribution is 2.32. The molecule has 2 N–H and O–H groups in total. The number of carbonyl (C=O) groups excluding carboxylic acids is 2. The van der Waals surface area contributed by atoms with E-state index in [0.29, 0.717) is 12.8 Å². The molecule has 0 aliphatic carbocycles. The molecule has 0 spiro atoms. The maximum absolute atomic E-state index is 12.6. The molecule has 0 aromatic heterocycles. The van der Waals surface area contributed by atoms with Crippen LogP contribution in [-0.4, -0.2) is 46.6 Å². The molecule has 0 unspecified atom stereocenters. The van der Waals surface area contributed by atoms with Gasteiger partial charge in [-0.15, -0.1) is 0 Å². The Balaban J connectivity index is 1.47. The smallest absolute Gasteiger partial charge is 0.336 e. The number of hydrogen-bond acceptors (Lipinski definition) is 6. The number of aliphatic hydroxyl groups is 2. The van der Waals surface area contributed by atoms with Gasteiger partial charge in [-0.25, -0.2) is 9.59 Å². The summed E-state index contributed by atoms with van der Waals surface area (Å²) < 4.78 is 11.0. The normalized spacial score (nSPS) is 11.9. The zero-order chi connectivity index (χ0) is 38.1. The maximum Gasteiger partial charge on any atom is 0.336 e. The fourth-order valence-electron chi connectivity index (χ4n) is 6.06. The Hall–Kier alpha value is -4.52. The zero-order valence-corrected chi connectivity index (χ0v) is 31.9. The predicted molar refractivity (Wildman–Crippen MR) is 212 cm³/mol. The van der Waals surface area contributed by atoms with Crippen LogP contribution >= 0.6 is 0 Å². The molecule has 4 aromatic carbocycles. The summed E-state index contributed by atoms with van der Waals surface area (Å²) in [5.41, 5.74) is 5.74. The number of ether oxygens (including phenoxy) is 2. The second-order valence-electron chi connectivity index (χ2n) is 15.0. The monoisotopic (exact) mass is 704 g/mol. The minimum Gasteiger partial charge on any atom is -0.462 e. The number of unbranched alkanes of at least 4 members (excludes halogenated alkanes) is 2. The molecule has 0 aliphatic rings. The van der Waals surface area contributed by atoms with Crippen LogP contribution in [0.25, 0.3) is 33.0 Å². The van der Waals surface area contributed by atoms with E-state index in [1.165, 1.54) is 80.3 Å². The predicted octanol–water partition coefficient (Wildman–Crippen LogP) is 9.76. The Morgan fingerprint density at radius 2 is 1.19 bits per heavy atom. The Morgan fingerprint density at radius 1 is 0.654 bits per heavy atom. The zero-order valence-electron chi connectivity index (χ0n) is 31.9. The highest BCUT2D eigenvalue weighted by Gasteiger charge is 2.28. The lowest BCUT2D eigenvalue weighted by molar-refractivity contribution is -0.146. The summed E-state index contributed by atoms with van der Waals surface area (Å²) in [5.74, 6) is -1.76. The minimum absolute atomic E-state index is 0.0317. The molecular formula is C46H56O6. The van der Waals surface area contributed by atoms with Crippen molar-refractivity contribution in [1.29, 1.82) is 0 Å². The second kappa shape index (κ2) is 17.8. The lowest BCUT2D eigenvalue weighted by Gasteiger charge is -2.23. The summed E-state index contributed by atoms with van der Waals surface area (Å²) in [6.45, 7) is 17.6. The second-order valence-corrected chi connectivity index (χ2v) is 15.0. The average molecular weight is 705 g/mol. The van der Waals surface area contributed by atoms with E-state index < -0.39 is 23.1 Å². The van der Waals surface area contributed by atoms with Gasteiger partial charge in [0, 0.05) is 5.92 Å². The van der Waals surface area contributed by atoms with Gasteiger partial charge in [0.05, 0.1) is 35.6 Å². The fraction of sp³-hybridized carbons (Fsp3) is 0.391. The molecule has 0 saturated heterocycles. The van der Waals surface area contributed by atoms with Crippen molar-refractivity contribution in [1.82, 2.24) is 0 Å². The first-order chi connectivity index (χ1) is 24.6. The molecule has 0 heterocycles. The topological polar surface area (TPSA) is 93.1 Å². The molecule has 0 amide bonds. The van der Waals surface area contributed by atoms with Crippen LogP contribution < -0.4 is 0 Å². The highest BCUT2D eigenvalue weighted by atomic mass is 16.5. The van der Waals surface area contributed by atoms with Crippen LogP contribution in [0.5, 0.6) is 0 Å². The van der Waals surface area contributed by atoms with Crippen LogP contribution in [0, 0.1) is 5.92 Å². The third-order valence-corrected chi connectivity index (χ3v) is 9.77. The molecular weight excluding hydrogens is 649 g/mol. The molecule has 4 aromatic rings. The van der Waals surface area contributed by atoms with E-state index in [0.717, 1.165) is 29.2 Å². The molecule has 0 saturated carbocycles. The van der Waals surface area contributed by atoms with Crippen LogP contribution in [0.4, 0.5) is 0 Å². The van der Waals surface area contributed by atoms with E-state index in [-0.39, 0.29) is 30.3 Å². The van der Waals surface area contributed by atoms with Gasteiger partial charge in [0.2, 0.25) is 0 Å². The standard InChI is InChI=1S/C46H56O6/c1-9-11-12-13-33-16-19-37(20-17-33)39-24-25-42(36(10-2)27-39)41-23-22-38-26-34(18-21-40(38)28-41)14-15-35(29-51-43(47)31(3)45(5,6)49)30-52-44(48)32(4)46(7,8)50/h16-28,35,49-50H,3-4,9-15,29-30H2,1-2,5-8H3. The van der Waals surface area contributed by atoms with Gasteiger partial charge >= 0.3 is 11.9 Å². The van der Waals surface area contributed by atoms with Crippen molar-refractivity contribution in [2.45, 2.75) is 97.7 Å². The van der Waals surface area contributed by atoms with Crippen molar-refractivity contribution < 1.29 is 29.3 Å². The molecule has 52 heavy (non-hydrogen) atoms. The Kier molecular flexibility index (Phi) is 13.8. The summed E-state index contributed by atoms with van der Waals surface area (Å²) >= 11 is 0. The number of carbonyl (C=O) groups is 2. The van der Waals surface area contributed by atoms with Gasteiger partial charge in [-0.3, -0.25) is 0 Å². The van der Waals surface area contributed by atoms with Gasteiger partial charge in [-0.1, -0.05) is 113 Å². The first-order valence-corrected chi connectivity index (χ1v) is 18.5. The number of esters is 2. The van der Waals surface area contributed by atoms with Crippen LogP contribution in [0.3, 0.4) is 0 Å². The molecule has 276 valence electrons. The molecule has 0 radical (unpaired) electrons. The molecule has 6 nitrogen and oxygen atoms in total. The van der Waals surface area contributed by atoms with E-state index in [9.17, 15) is 19.8 Å². The summed E-state index contributed by atoms with van der Waals surface area (Å²) in [7, 11) is 0. The van der Waals surface area contributed by atoms with E-state index in [1.807, 2.05) is 0 Å². The summed E-state index contributed by atoms with van der Waals surface area (Å²) in [5, 5.41) is 22.6. The van der Waals surface area contributed by atoms with Gasteiger partial charge in [0.25, 0.3) is 0 Å². The van der Waals surface area contributed by atoms with E-state index in [2.05, 4.69) is 106 Å². The molecule has 0 atom stereocenters. The Labute approximate surface area is 310 Å². The van der Waals surface area contributed by atoms with Crippen molar-refractivity contribution in [3.8, 4) is 22.3 Å². The summed E-state index contributed by atoms with van der Waals surface area (Å²) in [6.07, 6.45) is 7.01. The molecule has 0 aliphatic heterocycles. The van der Waals surface area contributed by atoms with Crippen molar-refractivity contribution in [2.24, 2.45) is 5.92 Å². The third kappa shape index (κ3) is 11.0. The minimum atomic E-state index is -1.42. The Bertz CT molecular complexity index is 1830. The van der Waals surface area contributed by atoms with Crippen molar-refractivity contribution in [2.75, 3.05) is 13.2 Å². The summed E-state index contributed by atoms with van der Waals surface area (Å²) in [6, 6.07) is 28.8. The van der Waals surface area contributed by atoms with Gasteiger partial charge < -0.3 is 19.7 Å². The number of hydrogen-bond donors (Lipinski definition) is 2. The number of rotatable bonds is 18. The fourth-order valence-corrected chi connectivity index (χ4v) is 6.06. The van der Waals surface area contributed by atoms with Crippen molar-refractivity contribution in [3.05, 3.63) is 120 Å². The van der Waals surface area contributed by atoms with Crippen LogP contribution in [0.15, 0.2) is 103 Å². The number of aryl methyl sites for hydroxylation is 3. The molecule has 6 heteroatoms. The van der Waals surface area contributed by atoms with Crippen molar-refractivity contribution >= 4 is 22.7 Å². The lowest BCUT2D eigenvalue weighted by Crippen LogP contribution is -2.31. The van der Waals surface area contributed by atoms with E-state index in [4.69, 9.17) is 9.47 Å². The van der Waals surface area contributed by atoms with Crippen LogP contribution in [0.2, 0.25) is 0 Å². The highest BCUT2D eigenvalue weighted by molar-refractivity contribution is 5.91. The van der Waals surface area contributed by atoms with Gasteiger partial charge in [-0.2, -0.15) is 0 Å². The molecule has 0 fully saturated rings. The summed E-state index contributed by atoms with van der Waals surface area (Å²) in [4.78, 5) is 25.1. The van der Waals surface area contributed by atoms with Crippen LogP contribution in [-0.2, 0) is 38.3 Å². The van der Waals surface area contributed by atoms with E-state index in [1.54, 1.807) is 0 Å². The first-order valence-electron chi connectivity index (χ1n) is 18.5. The SMILES string of the molecule is C=C(C(=O)OCC(CCc1ccc2cc(-c3ccc(-c4ccc(CCCCC)cc4)cc3CC)ccc2c1)COC(=O)C(=C)C(C)(C)O)C(C)(C)O. The van der Waals surface area contributed by atoms with Gasteiger partial charge in [0.15, 0.2) is 0 Å². The van der Waals surface area contributed by atoms with Gasteiger partial charge in [-0.05, 0) is 116 Å². The Morgan fingerprint density at radius 3 is 1.77 bits per heavy atom. The lowest BCUT2D eigenvalue weighted by atomic mass is 9.91. The third-order valence-electron chi connectivity index (χ3n) is 9.77. The number of benzene rings is 4. The largest absolute Gasteiger partial charge is 0.462 e. The van der Waals surface area contributed by atoms with Crippen molar-refractivity contribution in [3.63, 3.8) is 0 Å². The maximum atomic E-state index is 12.6. The van der Waals surface area contributed by atoms with Crippen LogP contribution in [0.1, 0.15) is 83.9 Å². The van der Waals surface area contributed by atoms with Gasteiger partial charge in [0.1, 0.15) is 0 Å². The molecule has 0 bridgehead atoms. The first kappa shape index (κ1) is 40.3. The molecule has 4 rings (SSSR count). The average Bonchev–Trinajstić information content (AvgIpc) is 3.12. The van der Waals surface area contributed by atoms with E-state index >= 15 is 0 Å².